The topological polar surface area (TPSA) is 41.3 Å². The van der Waals surface area contributed by atoms with Crippen LogP contribution in [-0.2, 0) is 12.6 Å². The van der Waals surface area contributed by atoms with Crippen molar-refractivity contribution in [3.05, 3.63) is 46.7 Å². The van der Waals surface area contributed by atoms with Gasteiger partial charge in [0.15, 0.2) is 0 Å². The summed E-state index contributed by atoms with van der Waals surface area (Å²) in [5, 5.41) is 15.2. The van der Waals surface area contributed by atoms with Gasteiger partial charge in [-0.15, -0.1) is 0 Å². The maximum Gasteiger partial charge on any atom is 0.111 e. The van der Waals surface area contributed by atoms with Gasteiger partial charge in [-0.2, -0.15) is 5.10 Å². The van der Waals surface area contributed by atoms with Crippen molar-refractivity contribution in [3.8, 4) is 0 Å². The minimum absolute atomic E-state index is 0.708. The first-order chi connectivity index (χ1) is 9.60. The van der Waals surface area contributed by atoms with Crippen LogP contribution in [0.5, 0.6) is 0 Å². The Kier molecular flexibility index (Phi) is 3.56. The fourth-order valence-electron chi connectivity index (χ4n) is 2.94. The van der Waals surface area contributed by atoms with Crippen LogP contribution < -0.4 is 4.90 Å². The molecule has 4 nitrogen and oxygen atoms in total. The number of para-hydroxylation sites is 1. The van der Waals surface area contributed by atoms with Gasteiger partial charge in [-0.25, -0.2) is 0 Å². The molecule has 0 unspecified atom stereocenters. The molecular formula is C15H18BrN3O. The van der Waals surface area contributed by atoms with E-state index < -0.39 is 5.60 Å². The molecule has 1 aromatic carbocycles. The molecule has 0 bridgehead atoms. The summed E-state index contributed by atoms with van der Waals surface area (Å²) in [5.41, 5.74) is 1.30. The number of aromatic nitrogens is 2. The maximum absolute atomic E-state index is 10.9. The molecule has 5 heteroatoms. The minimum atomic E-state index is -0.796. The third kappa shape index (κ3) is 2.36. The van der Waals surface area contributed by atoms with Gasteiger partial charge in [-0.1, -0.05) is 18.2 Å². The fourth-order valence-corrected chi connectivity index (χ4v) is 3.66. The number of benzene rings is 1. The van der Waals surface area contributed by atoms with E-state index in [9.17, 15) is 5.11 Å². The largest absolute Gasteiger partial charge is 0.383 e. The summed E-state index contributed by atoms with van der Waals surface area (Å²) in [5.74, 6) is 0. The molecule has 0 saturated carbocycles. The van der Waals surface area contributed by atoms with Gasteiger partial charge in [0.25, 0.3) is 0 Å². The summed E-state index contributed by atoms with van der Waals surface area (Å²) in [4.78, 5) is 2.32. The fraction of sp³-hybridized carbons (Fsp3) is 0.400. The molecule has 1 saturated heterocycles. The van der Waals surface area contributed by atoms with E-state index in [0.29, 0.717) is 12.8 Å². The molecular weight excluding hydrogens is 318 g/mol. The average molecular weight is 336 g/mol. The van der Waals surface area contributed by atoms with Gasteiger partial charge in [0.2, 0.25) is 0 Å². The van der Waals surface area contributed by atoms with E-state index in [4.69, 9.17) is 0 Å². The lowest BCUT2D eigenvalue weighted by atomic mass is 9.88. The molecule has 3 rings (SSSR count). The lowest BCUT2D eigenvalue weighted by Crippen LogP contribution is -2.43. The summed E-state index contributed by atoms with van der Waals surface area (Å²) >= 11 is 3.49. The summed E-state index contributed by atoms with van der Waals surface area (Å²) < 4.78 is 2.65. The Morgan fingerprint density at radius 2 is 1.85 bits per heavy atom. The van der Waals surface area contributed by atoms with Crippen LogP contribution in [0.25, 0.3) is 0 Å². The van der Waals surface area contributed by atoms with E-state index in [2.05, 4.69) is 38.1 Å². The lowest BCUT2D eigenvalue weighted by Gasteiger charge is -2.39. The van der Waals surface area contributed by atoms with Crippen molar-refractivity contribution in [2.45, 2.75) is 18.4 Å². The number of piperidine rings is 1. The lowest BCUT2D eigenvalue weighted by molar-refractivity contribution is 0.00346. The number of aliphatic hydroxyl groups is 1. The van der Waals surface area contributed by atoms with E-state index in [0.717, 1.165) is 23.3 Å². The Bertz CT molecular complexity index is 569. The molecule has 1 aliphatic rings. The van der Waals surface area contributed by atoms with E-state index in [1.165, 1.54) is 5.69 Å². The van der Waals surface area contributed by atoms with Gasteiger partial charge >= 0.3 is 0 Å². The van der Waals surface area contributed by atoms with Gasteiger partial charge in [0, 0.05) is 25.8 Å². The number of halogens is 1. The SMILES string of the molecule is Cn1ncc(Br)c1C1(O)CCN(c2ccccc2)CC1. The van der Waals surface area contributed by atoms with Crippen molar-refractivity contribution in [2.24, 2.45) is 7.05 Å². The zero-order valence-corrected chi connectivity index (χ0v) is 13.0. The zero-order valence-electron chi connectivity index (χ0n) is 11.5. The van der Waals surface area contributed by atoms with Crippen molar-refractivity contribution in [2.75, 3.05) is 18.0 Å². The van der Waals surface area contributed by atoms with Crippen LogP contribution in [0.4, 0.5) is 5.69 Å². The average Bonchev–Trinajstić information content (AvgIpc) is 2.80. The second kappa shape index (κ2) is 5.22. The molecule has 106 valence electrons. The predicted octanol–water partition coefficient (Wildman–Crippen LogP) is 2.67. The van der Waals surface area contributed by atoms with Crippen LogP contribution >= 0.6 is 15.9 Å². The van der Waals surface area contributed by atoms with Crippen LogP contribution in [0.3, 0.4) is 0 Å². The van der Waals surface area contributed by atoms with E-state index >= 15 is 0 Å². The molecule has 1 aliphatic heterocycles. The molecule has 2 aromatic rings. The first-order valence-corrected chi connectivity index (χ1v) is 7.60. The van der Waals surface area contributed by atoms with E-state index in [-0.39, 0.29) is 0 Å². The highest BCUT2D eigenvalue weighted by Gasteiger charge is 2.38. The van der Waals surface area contributed by atoms with E-state index in [1.807, 2.05) is 25.2 Å². The minimum Gasteiger partial charge on any atom is -0.383 e. The highest BCUT2D eigenvalue weighted by molar-refractivity contribution is 9.10. The molecule has 2 heterocycles. The summed E-state index contributed by atoms with van der Waals surface area (Å²) in [6.45, 7) is 1.69. The third-order valence-electron chi connectivity index (χ3n) is 4.05. The molecule has 0 spiro atoms. The number of hydrogen-bond acceptors (Lipinski definition) is 3. The van der Waals surface area contributed by atoms with Crippen LogP contribution in [0.15, 0.2) is 41.0 Å². The van der Waals surface area contributed by atoms with Gasteiger partial charge in [0.1, 0.15) is 5.60 Å². The van der Waals surface area contributed by atoms with Crippen molar-refractivity contribution >= 4 is 21.6 Å². The van der Waals surface area contributed by atoms with Crippen LogP contribution in [0.1, 0.15) is 18.5 Å². The van der Waals surface area contributed by atoms with Crippen molar-refractivity contribution in [1.29, 1.82) is 0 Å². The Labute approximate surface area is 127 Å². The molecule has 20 heavy (non-hydrogen) atoms. The van der Waals surface area contributed by atoms with E-state index in [1.54, 1.807) is 10.9 Å². The second-order valence-electron chi connectivity index (χ2n) is 5.32. The number of hydrogen-bond donors (Lipinski definition) is 1. The Morgan fingerprint density at radius 3 is 2.40 bits per heavy atom. The van der Waals surface area contributed by atoms with Gasteiger partial charge in [-0.3, -0.25) is 4.68 Å². The van der Waals surface area contributed by atoms with Crippen LogP contribution in [0, 0.1) is 0 Å². The maximum atomic E-state index is 10.9. The number of nitrogens with zero attached hydrogens (tertiary/aromatic N) is 3. The first kappa shape index (κ1) is 13.6. The molecule has 0 radical (unpaired) electrons. The van der Waals surface area contributed by atoms with Crippen LogP contribution in [-0.4, -0.2) is 28.0 Å². The number of anilines is 1. The molecule has 0 atom stereocenters. The second-order valence-corrected chi connectivity index (χ2v) is 6.17. The first-order valence-electron chi connectivity index (χ1n) is 6.80. The molecule has 0 amide bonds. The summed E-state index contributed by atoms with van der Waals surface area (Å²) in [7, 11) is 1.88. The monoisotopic (exact) mass is 335 g/mol. The smallest absolute Gasteiger partial charge is 0.111 e. The Morgan fingerprint density at radius 1 is 1.20 bits per heavy atom. The summed E-state index contributed by atoms with van der Waals surface area (Å²) in [6, 6.07) is 10.4. The third-order valence-corrected chi connectivity index (χ3v) is 4.63. The predicted molar refractivity (Wildman–Crippen MR) is 82.7 cm³/mol. The molecule has 1 fully saturated rings. The van der Waals surface area contributed by atoms with Gasteiger partial charge in [-0.05, 0) is 40.9 Å². The number of aryl methyl sites for hydroxylation is 1. The highest BCUT2D eigenvalue weighted by atomic mass is 79.9. The molecule has 0 aliphatic carbocycles. The normalized spacial score (nSPS) is 18.2. The standard InChI is InChI=1S/C15H18BrN3O/c1-18-14(13(16)11-17-18)15(20)7-9-19(10-8-15)12-5-3-2-4-6-12/h2-6,11,20H,7-10H2,1H3. The van der Waals surface area contributed by atoms with Crippen molar-refractivity contribution in [3.63, 3.8) is 0 Å². The highest BCUT2D eigenvalue weighted by Crippen LogP contribution is 2.37. The molecule has 1 aromatic heterocycles. The van der Waals surface area contributed by atoms with Gasteiger partial charge in [0.05, 0.1) is 16.4 Å². The Balaban J connectivity index is 1.78. The summed E-state index contributed by atoms with van der Waals surface area (Å²) in [6.07, 6.45) is 3.16. The Hall–Kier alpha value is -1.33. The quantitative estimate of drug-likeness (QED) is 0.917. The van der Waals surface area contributed by atoms with Crippen molar-refractivity contribution < 1.29 is 5.11 Å². The van der Waals surface area contributed by atoms with Crippen molar-refractivity contribution in [1.82, 2.24) is 9.78 Å². The van der Waals surface area contributed by atoms with Gasteiger partial charge < -0.3 is 10.0 Å². The van der Waals surface area contributed by atoms with Crippen LogP contribution in [0.2, 0.25) is 0 Å². The zero-order chi connectivity index (χ0) is 14.2. The molecule has 1 N–H and O–H groups in total. The number of rotatable bonds is 2.